The Kier molecular flexibility index (Phi) is 5.74. The lowest BCUT2D eigenvalue weighted by atomic mass is 9.87. The maximum atomic E-state index is 5.86. The molecule has 1 aliphatic heterocycles. The van der Waals surface area contributed by atoms with Gasteiger partial charge in [0.15, 0.2) is 0 Å². The molecule has 0 radical (unpaired) electrons. The van der Waals surface area contributed by atoms with E-state index in [1.54, 1.807) is 0 Å². The second-order valence-corrected chi connectivity index (χ2v) is 6.89. The molecule has 0 aliphatic carbocycles. The van der Waals surface area contributed by atoms with E-state index in [4.69, 9.17) is 5.73 Å². The van der Waals surface area contributed by atoms with Crippen LogP contribution in [-0.4, -0.2) is 36.8 Å². The molecule has 3 heteroatoms. The van der Waals surface area contributed by atoms with Crippen LogP contribution in [0.1, 0.15) is 18.9 Å². The van der Waals surface area contributed by atoms with Gasteiger partial charge in [0.25, 0.3) is 0 Å². The first-order chi connectivity index (χ1) is 9.19. The van der Waals surface area contributed by atoms with Gasteiger partial charge in [-0.05, 0) is 50.4 Å². The number of nitrogens with zero attached hydrogens (tertiary/aromatic N) is 1. The third-order valence-electron chi connectivity index (χ3n) is 4.20. The van der Waals surface area contributed by atoms with Crippen LogP contribution in [0.5, 0.6) is 0 Å². The molecular weight excluding hydrogens is 252 g/mol. The monoisotopic (exact) mass is 278 g/mol. The summed E-state index contributed by atoms with van der Waals surface area (Å²) in [4.78, 5) is 3.96. The number of piperidine rings is 1. The highest BCUT2D eigenvalue weighted by Gasteiger charge is 2.24. The van der Waals surface area contributed by atoms with Gasteiger partial charge in [-0.2, -0.15) is 0 Å². The van der Waals surface area contributed by atoms with Crippen molar-refractivity contribution in [2.24, 2.45) is 17.6 Å². The molecule has 1 aliphatic rings. The highest BCUT2D eigenvalue weighted by Crippen LogP contribution is 2.23. The average molecular weight is 278 g/mol. The summed E-state index contributed by atoms with van der Waals surface area (Å²) in [5.41, 5.74) is 7.19. The van der Waals surface area contributed by atoms with Crippen molar-refractivity contribution in [3.8, 4) is 0 Å². The third kappa shape index (κ3) is 4.51. The van der Waals surface area contributed by atoms with Crippen molar-refractivity contribution < 1.29 is 0 Å². The van der Waals surface area contributed by atoms with Gasteiger partial charge in [0, 0.05) is 23.7 Å². The lowest BCUT2D eigenvalue weighted by Crippen LogP contribution is -2.43. The summed E-state index contributed by atoms with van der Waals surface area (Å²) in [6.45, 7) is 8.93. The van der Waals surface area contributed by atoms with Crippen LogP contribution in [0.15, 0.2) is 29.2 Å². The summed E-state index contributed by atoms with van der Waals surface area (Å²) in [7, 11) is 0. The van der Waals surface area contributed by atoms with Gasteiger partial charge in [0.2, 0.25) is 0 Å². The van der Waals surface area contributed by atoms with Gasteiger partial charge >= 0.3 is 0 Å². The number of benzene rings is 1. The first kappa shape index (κ1) is 14.9. The molecule has 0 spiro atoms. The summed E-state index contributed by atoms with van der Waals surface area (Å²) in [6.07, 6.45) is 1.30. The van der Waals surface area contributed by atoms with Gasteiger partial charge in [-0.15, -0.1) is 11.8 Å². The molecule has 0 saturated carbocycles. The summed E-state index contributed by atoms with van der Waals surface area (Å²) >= 11 is 1.96. The molecule has 1 aromatic rings. The molecule has 2 N–H and O–H groups in total. The average Bonchev–Trinajstić information content (AvgIpc) is 2.43. The van der Waals surface area contributed by atoms with Gasteiger partial charge in [-0.1, -0.05) is 24.6 Å². The Morgan fingerprint density at radius 3 is 2.74 bits per heavy atom. The number of likely N-dealkylation sites (tertiary alicyclic amines) is 1. The highest BCUT2D eigenvalue weighted by atomic mass is 32.2. The van der Waals surface area contributed by atoms with Gasteiger partial charge < -0.3 is 10.6 Å². The molecule has 2 unspecified atom stereocenters. The van der Waals surface area contributed by atoms with E-state index in [1.165, 1.54) is 42.3 Å². The Balaban J connectivity index is 1.72. The smallest absolute Gasteiger partial charge is 0.0108 e. The van der Waals surface area contributed by atoms with Crippen LogP contribution in [0.3, 0.4) is 0 Å². The van der Waals surface area contributed by atoms with E-state index in [0.717, 1.165) is 12.5 Å². The van der Waals surface area contributed by atoms with E-state index >= 15 is 0 Å². The van der Waals surface area contributed by atoms with E-state index < -0.39 is 0 Å². The van der Waals surface area contributed by atoms with E-state index in [2.05, 4.69) is 43.0 Å². The second-order valence-electron chi connectivity index (χ2n) is 5.72. The number of nitrogens with two attached hydrogens (primary N) is 1. The summed E-state index contributed by atoms with van der Waals surface area (Å²) < 4.78 is 0. The van der Waals surface area contributed by atoms with E-state index in [0.29, 0.717) is 5.92 Å². The van der Waals surface area contributed by atoms with Crippen molar-refractivity contribution in [2.75, 3.05) is 31.9 Å². The minimum absolute atomic E-state index is 0.693. The van der Waals surface area contributed by atoms with Crippen LogP contribution in [0.4, 0.5) is 0 Å². The normalized spacial score (nSPS) is 24.6. The topological polar surface area (TPSA) is 29.3 Å². The number of rotatable bonds is 5. The van der Waals surface area contributed by atoms with E-state index in [9.17, 15) is 0 Å². The molecule has 0 aromatic heterocycles. The minimum atomic E-state index is 0.693. The molecular formula is C16H26N2S. The number of hydrogen-bond donors (Lipinski definition) is 1. The lowest BCUT2D eigenvalue weighted by molar-refractivity contribution is 0.139. The lowest BCUT2D eigenvalue weighted by Gasteiger charge is -2.36. The Morgan fingerprint density at radius 2 is 2.05 bits per heavy atom. The van der Waals surface area contributed by atoms with Crippen molar-refractivity contribution in [2.45, 2.75) is 25.2 Å². The number of hydrogen-bond acceptors (Lipinski definition) is 3. The predicted molar refractivity (Wildman–Crippen MR) is 84.7 cm³/mol. The Labute approximate surface area is 121 Å². The standard InChI is InChI=1S/C16H26N2S/c1-13-3-5-16(6-4-13)19-10-9-18-8-7-14(2)15(11-17)12-18/h3-6,14-15H,7-12,17H2,1-2H3. The largest absolute Gasteiger partial charge is 0.330 e. The van der Waals surface area contributed by atoms with Gasteiger partial charge in [-0.25, -0.2) is 0 Å². The number of thioether (sulfide) groups is 1. The van der Waals surface area contributed by atoms with Crippen LogP contribution < -0.4 is 5.73 Å². The third-order valence-corrected chi connectivity index (χ3v) is 5.19. The fraction of sp³-hybridized carbons (Fsp3) is 0.625. The molecule has 19 heavy (non-hydrogen) atoms. The highest BCUT2D eigenvalue weighted by molar-refractivity contribution is 7.99. The van der Waals surface area contributed by atoms with Crippen molar-refractivity contribution in [1.82, 2.24) is 4.90 Å². The molecule has 0 bridgehead atoms. The fourth-order valence-electron chi connectivity index (χ4n) is 2.66. The van der Waals surface area contributed by atoms with Crippen molar-refractivity contribution in [3.63, 3.8) is 0 Å². The first-order valence-corrected chi connectivity index (χ1v) is 8.29. The molecule has 1 aromatic carbocycles. The molecule has 2 atom stereocenters. The Bertz CT molecular complexity index is 377. The SMILES string of the molecule is Cc1ccc(SCCN2CCC(C)C(CN)C2)cc1. The predicted octanol–water partition coefficient (Wildman–Crippen LogP) is 3.00. The molecule has 106 valence electrons. The minimum Gasteiger partial charge on any atom is -0.330 e. The summed E-state index contributed by atoms with van der Waals surface area (Å²) in [5, 5.41) is 0. The maximum Gasteiger partial charge on any atom is 0.0108 e. The molecule has 0 amide bonds. The van der Waals surface area contributed by atoms with Crippen LogP contribution in [0, 0.1) is 18.8 Å². The zero-order valence-corrected chi connectivity index (χ0v) is 13.0. The molecule has 2 nitrogen and oxygen atoms in total. The van der Waals surface area contributed by atoms with Crippen LogP contribution in [-0.2, 0) is 0 Å². The van der Waals surface area contributed by atoms with Crippen LogP contribution in [0.25, 0.3) is 0 Å². The number of aryl methyl sites for hydroxylation is 1. The Morgan fingerprint density at radius 1 is 1.32 bits per heavy atom. The van der Waals surface area contributed by atoms with Gasteiger partial charge in [0.05, 0.1) is 0 Å². The van der Waals surface area contributed by atoms with Crippen LogP contribution >= 0.6 is 11.8 Å². The van der Waals surface area contributed by atoms with E-state index in [-0.39, 0.29) is 0 Å². The quantitative estimate of drug-likeness (QED) is 0.840. The van der Waals surface area contributed by atoms with Gasteiger partial charge in [0.1, 0.15) is 0 Å². The van der Waals surface area contributed by atoms with Crippen molar-refractivity contribution in [3.05, 3.63) is 29.8 Å². The summed E-state index contributed by atoms with van der Waals surface area (Å²) in [5.74, 6) is 2.67. The second kappa shape index (κ2) is 7.32. The molecule has 1 fully saturated rings. The van der Waals surface area contributed by atoms with E-state index in [1.807, 2.05) is 11.8 Å². The first-order valence-electron chi connectivity index (χ1n) is 7.31. The molecule has 1 saturated heterocycles. The Hall–Kier alpha value is -0.510. The molecule has 1 heterocycles. The molecule has 2 rings (SSSR count). The van der Waals surface area contributed by atoms with Gasteiger partial charge in [-0.3, -0.25) is 0 Å². The van der Waals surface area contributed by atoms with Crippen molar-refractivity contribution in [1.29, 1.82) is 0 Å². The summed E-state index contributed by atoms with van der Waals surface area (Å²) in [6, 6.07) is 8.83. The zero-order valence-electron chi connectivity index (χ0n) is 12.1. The zero-order chi connectivity index (χ0) is 13.7. The fourth-order valence-corrected chi connectivity index (χ4v) is 3.58. The van der Waals surface area contributed by atoms with Crippen LogP contribution in [0.2, 0.25) is 0 Å². The maximum absolute atomic E-state index is 5.86. The van der Waals surface area contributed by atoms with Crippen molar-refractivity contribution >= 4 is 11.8 Å².